The summed E-state index contributed by atoms with van der Waals surface area (Å²) in [5, 5.41) is 4.78. The van der Waals surface area contributed by atoms with Crippen LogP contribution >= 0.6 is 12.2 Å². The highest BCUT2D eigenvalue weighted by Gasteiger charge is 2.13. The molecule has 0 bridgehead atoms. The van der Waals surface area contributed by atoms with Gasteiger partial charge in [-0.05, 0) is 43.9 Å². The summed E-state index contributed by atoms with van der Waals surface area (Å²) in [4.78, 5) is 2.19. The largest absolute Gasteiger partial charge is 0.494 e. The number of benzene rings is 2. The van der Waals surface area contributed by atoms with Crippen LogP contribution in [0.15, 0.2) is 67.3 Å². The molecular formula is C22H26N4OS. The van der Waals surface area contributed by atoms with Crippen LogP contribution in [0.3, 0.4) is 0 Å². The van der Waals surface area contributed by atoms with Crippen molar-refractivity contribution in [1.82, 2.24) is 19.2 Å². The molecule has 0 radical (unpaired) electrons. The minimum absolute atomic E-state index is 0.607. The third-order valence-electron chi connectivity index (χ3n) is 4.33. The smallest absolute Gasteiger partial charge is 0.199 e. The summed E-state index contributed by atoms with van der Waals surface area (Å²) < 4.78 is 10.1. The van der Waals surface area contributed by atoms with Crippen molar-refractivity contribution < 1.29 is 4.74 Å². The number of hydrogen-bond acceptors (Lipinski definition) is 4. The highest BCUT2D eigenvalue weighted by Crippen LogP contribution is 2.19. The van der Waals surface area contributed by atoms with Gasteiger partial charge >= 0.3 is 0 Å². The summed E-state index contributed by atoms with van der Waals surface area (Å²) in [5.41, 5.74) is 2.26. The molecule has 3 rings (SSSR count). The molecule has 2 aromatic carbocycles. The van der Waals surface area contributed by atoms with Gasteiger partial charge in [0, 0.05) is 18.7 Å². The van der Waals surface area contributed by atoms with Crippen molar-refractivity contribution in [3.05, 3.63) is 77.6 Å². The van der Waals surface area contributed by atoms with E-state index in [1.54, 1.807) is 0 Å². The van der Waals surface area contributed by atoms with Crippen molar-refractivity contribution in [2.45, 2.75) is 26.7 Å². The second kappa shape index (κ2) is 9.48. The van der Waals surface area contributed by atoms with E-state index in [1.807, 2.05) is 64.7 Å². The molecule has 1 heterocycles. The van der Waals surface area contributed by atoms with E-state index in [0.717, 1.165) is 23.7 Å². The summed E-state index contributed by atoms with van der Waals surface area (Å²) in [7, 11) is 2.06. The van der Waals surface area contributed by atoms with Crippen molar-refractivity contribution >= 4 is 12.2 Å². The lowest BCUT2D eigenvalue weighted by Gasteiger charge is -2.16. The van der Waals surface area contributed by atoms with E-state index in [4.69, 9.17) is 22.1 Å². The molecule has 0 aliphatic carbocycles. The van der Waals surface area contributed by atoms with Gasteiger partial charge in [0.25, 0.3) is 0 Å². The fraction of sp³-hybridized carbons (Fsp3) is 0.273. The van der Waals surface area contributed by atoms with Gasteiger partial charge in [-0.1, -0.05) is 48.5 Å². The highest BCUT2D eigenvalue weighted by atomic mass is 32.1. The lowest BCUT2D eigenvalue weighted by Crippen LogP contribution is -2.22. The van der Waals surface area contributed by atoms with Crippen LogP contribution in [-0.4, -0.2) is 32.9 Å². The molecule has 0 fully saturated rings. The third-order valence-corrected chi connectivity index (χ3v) is 4.76. The van der Waals surface area contributed by atoms with Crippen molar-refractivity contribution in [2.75, 3.05) is 13.7 Å². The van der Waals surface area contributed by atoms with E-state index in [1.165, 1.54) is 5.56 Å². The average molecular weight is 395 g/mol. The molecule has 3 aromatic rings. The Balaban J connectivity index is 1.78. The van der Waals surface area contributed by atoms with E-state index in [-0.39, 0.29) is 0 Å². The third kappa shape index (κ3) is 4.77. The second-order valence-corrected chi connectivity index (χ2v) is 6.97. The number of aromatic nitrogens is 3. The summed E-state index contributed by atoms with van der Waals surface area (Å²) in [6, 6.07) is 18.3. The van der Waals surface area contributed by atoms with E-state index >= 15 is 0 Å². The van der Waals surface area contributed by atoms with Crippen LogP contribution in [-0.2, 0) is 19.8 Å². The number of hydrogen-bond donors (Lipinski definition) is 0. The Morgan fingerprint density at radius 1 is 1.14 bits per heavy atom. The van der Waals surface area contributed by atoms with Crippen molar-refractivity contribution in [3.8, 4) is 17.1 Å². The van der Waals surface area contributed by atoms with Gasteiger partial charge < -0.3 is 4.74 Å². The van der Waals surface area contributed by atoms with Gasteiger partial charge in [-0.3, -0.25) is 9.47 Å². The van der Waals surface area contributed by atoms with Crippen LogP contribution in [0.2, 0.25) is 0 Å². The Hall–Kier alpha value is -2.70. The first-order valence-corrected chi connectivity index (χ1v) is 9.77. The molecule has 0 aliphatic rings. The molecular weight excluding hydrogens is 368 g/mol. The fourth-order valence-electron chi connectivity index (χ4n) is 3.08. The molecule has 146 valence electrons. The molecule has 0 unspecified atom stereocenters. The molecule has 0 spiro atoms. The van der Waals surface area contributed by atoms with Crippen molar-refractivity contribution in [3.63, 3.8) is 0 Å². The zero-order chi connectivity index (χ0) is 19.9. The predicted molar refractivity (Wildman–Crippen MR) is 116 cm³/mol. The van der Waals surface area contributed by atoms with Crippen LogP contribution in [0.1, 0.15) is 12.5 Å². The van der Waals surface area contributed by atoms with Gasteiger partial charge in [-0.25, -0.2) is 4.68 Å². The monoisotopic (exact) mass is 394 g/mol. The number of nitrogens with zero attached hydrogens (tertiary/aromatic N) is 4. The van der Waals surface area contributed by atoms with Crippen LogP contribution in [0.25, 0.3) is 11.4 Å². The summed E-state index contributed by atoms with van der Waals surface area (Å²) in [6.07, 6.45) is 1.85. The average Bonchev–Trinajstić information content (AvgIpc) is 3.00. The first-order valence-electron chi connectivity index (χ1n) is 9.36. The molecule has 0 amide bonds. The van der Waals surface area contributed by atoms with E-state index < -0.39 is 0 Å². The lowest BCUT2D eigenvalue weighted by molar-refractivity contribution is 0.244. The molecule has 28 heavy (non-hydrogen) atoms. The normalized spacial score (nSPS) is 11.0. The van der Waals surface area contributed by atoms with Crippen molar-refractivity contribution in [1.29, 1.82) is 0 Å². The SMILES string of the molecule is C=CCn1c(-c2ccccc2)nn(CN(C)Cc2ccc(OCC)cc2)c1=S. The number of allylic oxidation sites excluding steroid dienone is 1. The molecule has 0 atom stereocenters. The topological polar surface area (TPSA) is 35.2 Å². The Kier molecular flexibility index (Phi) is 6.79. The molecule has 0 saturated heterocycles. The first kappa shape index (κ1) is 20.0. The Morgan fingerprint density at radius 2 is 1.86 bits per heavy atom. The molecule has 5 nitrogen and oxygen atoms in total. The highest BCUT2D eigenvalue weighted by molar-refractivity contribution is 7.71. The molecule has 0 N–H and O–H groups in total. The van der Waals surface area contributed by atoms with Crippen LogP contribution in [0.4, 0.5) is 0 Å². The van der Waals surface area contributed by atoms with E-state index in [0.29, 0.717) is 24.6 Å². The Morgan fingerprint density at radius 3 is 2.50 bits per heavy atom. The number of rotatable bonds is 9. The quantitative estimate of drug-likeness (QED) is 0.387. The Labute approximate surface area is 171 Å². The maximum absolute atomic E-state index is 5.68. The van der Waals surface area contributed by atoms with Gasteiger partial charge in [0.1, 0.15) is 5.75 Å². The lowest BCUT2D eigenvalue weighted by atomic mass is 10.2. The fourth-order valence-corrected chi connectivity index (χ4v) is 3.34. The number of ether oxygens (including phenoxy) is 1. The second-order valence-electron chi connectivity index (χ2n) is 6.60. The minimum atomic E-state index is 0.607. The molecule has 0 saturated carbocycles. The predicted octanol–water partition coefficient (Wildman–Crippen LogP) is 4.76. The molecule has 1 aromatic heterocycles. The summed E-state index contributed by atoms with van der Waals surface area (Å²) in [5.74, 6) is 1.76. The van der Waals surface area contributed by atoms with Crippen LogP contribution in [0.5, 0.6) is 5.75 Å². The summed E-state index contributed by atoms with van der Waals surface area (Å²) >= 11 is 5.68. The van der Waals surface area contributed by atoms with Gasteiger partial charge in [0.15, 0.2) is 10.6 Å². The van der Waals surface area contributed by atoms with Gasteiger partial charge in [0.05, 0.1) is 13.3 Å². The van der Waals surface area contributed by atoms with Crippen molar-refractivity contribution in [2.24, 2.45) is 0 Å². The summed E-state index contributed by atoms with van der Waals surface area (Å²) in [6.45, 7) is 8.55. The maximum Gasteiger partial charge on any atom is 0.199 e. The van der Waals surface area contributed by atoms with E-state index in [2.05, 4.69) is 30.7 Å². The van der Waals surface area contributed by atoms with Crippen LogP contribution in [0, 0.1) is 4.77 Å². The standard InChI is InChI=1S/C22H26N4OS/c1-4-15-25-21(19-9-7-6-8-10-19)23-26(22(25)28)17-24(3)16-18-11-13-20(14-12-18)27-5-2/h4,6-14H,1,5,15-17H2,2-3H3. The zero-order valence-electron chi connectivity index (χ0n) is 16.4. The zero-order valence-corrected chi connectivity index (χ0v) is 17.2. The van der Waals surface area contributed by atoms with Gasteiger partial charge in [-0.15, -0.1) is 6.58 Å². The maximum atomic E-state index is 5.68. The van der Waals surface area contributed by atoms with Crippen LogP contribution < -0.4 is 4.74 Å². The van der Waals surface area contributed by atoms with E-state index in [9.17, 15) is 0 Å². The van der Waals surface area contributed by atoms with Gasteiger partial charge in [-0.2, -0.15) is 5.10 Å². The van der Waals surface area contributed by atoms with Gasteiger partial charge in [0.2, 0.25) is 0 Å². The first-order chi connectivity index (χ1) is 13.6. The Bertz CT molecular complexity index is 960. The molecule has 6 heteroatoms. The molecule has 0 aliphatic heterocycles. The minimum Gasteiger partial charge on any atom is -0.494 e.